The van der Waals surface area contributed by atoms with Crippen LogP contribution in [0.3, 0.4) is 0 Å². The van der Waals surface area contributed by atoms with Crippen LogP contribution in [-0.2, 0) is 16.6 Å². The second-order valence-corrected chi connectivity index (χ2v) is 7.85. The molecule has 0 atom stereocenters. The first-order valence-corrected chi connectivity index (χ1v) is 9.71. The zero-order chi connectivity index (χ0) is 16.9. The number of hydrogen-bond donors (Lipinski definition) is 1. The summed E-state index contributed by atoms with van der Waals surface area (Å²) in [6, 6.07) is 10.0. The molecule has 124 valence electrons. The van der Waals surface area contributed by atoms with Gasteiger partial charge < -0.3 is 5.32 Å². The lowest BCUT2D eigenvalue weighted by Gasteiger charge is -2.18. The molecule has 2 rings (SSSR count). The van der Waals surface area contributed by atoms with Gasteiger partial charge in [0.15, 0.2) is 0 Å². The Morgan fingerprint density at radius 2 is 1.91 bits per heavy atom. The zero-order valence-corrected chi connectivity index (χ0v) is 14.8. The third-order valence-corrected chi connectivity index (χ3v) is 6.36. The van der Waals surface area contributed by atoms with E-state index in [1.807, 2.05) is 17.5 Å². The molecule has 1 N–H and O–H groups in total. The van der Waals surface area contributed by atoms with E-state index in [9.17, 15) is 13.2 Å². The van der Waals surface area contributed by atoms with Crippen molar-refractivity contribution in [1.82, 2.24) is 9.62 Å². The van der Waals surface area contributed by atoms with E-state index in [4.69, 9.17) is 0 Å². The summed E-state index contributed by atoms with van der Waals surface area (Å²) in [7, 11) is -3.56. The average molecular weight is 352 g/mol. The van der Waals surface area contributed by atoms with Crippen molar-refractivity contribution in [3.8, 4) is 0 Å². The molecule has 2 aromatic rings. The van der Waals surface area contributed by atoms with E-state index in [0.717, 1.165) is 4.88 Å². The van der Waals surface area contributed by atoms with Gasteiger partial charge in [-0.3, -0.25) is 4.79 Å². The Balaban J connectivity index is 2.17. The van der Waals surface area contributed by atoms with Gasteiger partial charge in [0.1, 0.15) is 0 Å². The summed E-state index contributed by atoms with van der Waals surface area (Å²) in [6.45, 7) is 4.81. The molecular weight excluding hydrogens is 332 g/mol. The Hall–Kier alpha value is -1.70. The molecule has 0 radical (unpaired) electrons. The van der Waals surface area contributed by atoms with Gasteiger partial charge in [0, 0.05) is 23.5 Å². The third-order valence-electron chi connectivity index (χ3n) is 3.44. The highest BCUT2D eigenvalue weighted by Gasteiger charge is 2.22. The van der Waals surface area contributed by atoms with Crippen LogP contribution in [-0.4, -0.2) is 31.7 Å². The highest BCUT2D eigenvalue weighted by atomic mass is 32.2. The SMILES string of the molecule is CCN(CC)S(=O)(=O)c1cccc(C(=O)NCc2cccs2)c1. The molecule has 0 aliphatic rings. The number of carbonyl (C=O) groups is 1. The molecule has 0 aliphatic carbocycles. The number of nitrogens with zero attached hydrogens (tertiary/aromatic N) is 1. The summed E-state index contributed by atoms with van der Waals surface area (Å²) in [4.78, 5) is 13.4. The van der Waals surface area contributed by atoms with Gasteiger partial charge in [0.2, 0.25) is 10.0 Å². The number of rotatable bonds is 7. The molecule has 0 saturated heterocycles. The van der Waals surface area contributed by atoms with Crippen molar-refractivity contribution in [2.24, 2.45) is 0 Å². The van der Waals surface area contributed by atoms with Crippen molar-refractivity contribution in [1.29, 1.82) is 0 Å². The summed E-state index contributed by atoms with van der Waals surface area (Å²) in [5.74, 6) is -0.282. The number of hydrogen-bond acceptors (Lipinski definition) is 4. The van der Waals surface area contributed by atoms with Crippen molar-refractivity contribution in [3.63, 3.8) is 0 Å². The molecule has 1 heterocycles. The fraction of sp³-hybridized carbons (Fsp3) is 0.312. The van der Waals surface area contributed by atoms with Crippen LogP contribution in [0.5, 0.6) is 0 Å². The molecule has 1 amide bonds. The minimum Gasteiger partial charge on any atom is -0.347 e. The first-order chi connectivity index (χ1) is 11.0. The van der Waals surface area contributed by atoms with E-state index in [-0.39, 0.29) is 10.8 Å². The molecule has 0 spiro atoms. The van der Waals surface area contributed by atoms with Crippen LogP contribution in [0.15, 0.2) is 46.7 Å². The highest BCUT2D eigenvalue weighted by molar-refractivity contribution is 7.89. The van der Waals surface area contributed by atoms with Crippen LogP contribution in [0.25, 0.3) is 0 Å². The van der Waals surface area contributed by atoms with Crippen molar-refractivity contribution in [2.45, 2.75) is 25.3 Å². The molecule has 0 unspecified atom stereocenters. The second kappa shape index (κ2) is 7.72. The first-order valence-electron chi connectivity index (χ1n) is 7.39. The van der Waals surface area contributed by atoms with Crippen LogP contribution in [0, 0.1) is 0 Å². The lowest BCUT2D eigenvalue weighted by atomic mass is 10.2. The van der Waals surface area contributed by atoms with Crippen LogP contribution in [0.4, 0.5) is 0 Å². The van der Waals surface area contributed by atoms with Gasteiger partial charge in [-0.1, -0.05) is 26.0 Å². The number of carbonyl (C=O) groups excluding carboxylic acids is 1. The minimum absolute atomic E-state index is 0.143. The van der Waals surface area contributed by atoms with E-state index in [1.54, 1.807) is 37.3 Å². The summed E-state index contributed by atoms with van der Waals surface area (Å²) in [6.07, 6.45) is 0. The zero-order valence-electron chi connectivity index (χ0n) is 13.2. The molecule has 0 saturated carbocycles. The average Bonchev–Trinajstić information content (AvgIpc) is 3.07. The normalized spacial score (nSPS) is 11.6. The molecular formula is C16H20N2O3S2. The molecule has 1 aromatic heterocycles. The number of benzene rings is 1. The summed E-state index contributed by atoms with van der Waals surface area (Å²) < 4.78 is 26.4. The van der Waals surface area contributed by atoms with Crippen LogP contribution in [0.1, 0.15) is 29.1 Å². The molecule has 0 aliphatic heterocycles. The number of thiophene rings is 1. The van der Waals surface area contributed by atoms with Gasteiger partial charge in [-0.15, -0.1) is 11.3 Å². The van der Waals surface area contributed by atoms with E-state index in [0.29, 0.717) is 25.2 Å². The lowest BCUT2D eigenvalue weighted by molar-refractivity contribution is 0.0951. The van der Waals surface area contributed by atoms with Crippen LogP contribution >= 0.6 is 11.3 Å². The van der Waals surface area contributed by atoms with Crippen molar-refractivity contribution in [3.05, 3.63) is 52.2 Å². The molecule has 23 heavy (non-hydrogen) atoms. The van der Waals surface area contributed by atoms with Crippen molar-refractivity contribution >= 4 is 27.3 Å². The fourth-order valence-corrected chi connectivity index (χ4v) is 4.34. The summed E-state index contributed by atoms with van der Waals surface area (Å²) in [5, 5.41) is 4.74. The van der Waals surface area contributed by atoms with Gasteiger partial charge in [0.25, 0.3) is 5.91 Å². The van der Waals surface area contributed by atoms with Gasteiger partial charge in [-0.05, 0) is 29.6 Å². The Kier molecular flexibility index (Phi) is 5.92. The summed E-state index contributed by atoms with van der Waals surface area (Å²) >= 11 is 1.56. The largest absolute Gasteiger partial charge is 0.347 e. The number of sulfonamides is 1. The standard InChI is InChI=1S/C16H20N2O3S2/c1-3-18(4-2)23(20,21)15-9-5-7-13(11-15)16(19)17-12-14-8-6-10-22-14/h5-11H,3-4,12H2,1-2H3,(H,17,19). The van der Waals surface area contributed by atoms with Crippen molar-refractivity contribution < 1.29 is 13.2 Å². The maximum Gasteiger partial charge on any atom is 0.251 e. The predicted octanol–water partition coefficient (Wildman–Crippen LogP) is 2.71. The fourth-order valence-electron chi connectivity index (χ4n) is 2.19. The molecule has 0 fully saturated rings. The maximum atomic E-state index is 12.5. The van der Waals surface area contributed by atoms with Gasteiger partial charge in [0.05, 0.1) is 11.4 Å². The smallest absolute Gasteiger partial charge is 0.251 e. The second-order valence-electron chi connectivity index (χ2n) is 4.88. The van der Waals surface area contributed by atoms with Crippen LogP contribution < -0.4 is 5.32 Å². The van der Waals surface area contributed by atoms with E-state index >= 15 is 0 Å². The van der Waals surface area contributed by atoms with E-state index < -0.39 is 10.0 Å². The van der Waals surface area contributed by atoms with Gasteiger partial charge in [-0.25, -0.2) is 8.42 Å². The molecule has 0 bridgehead atoms. The molecule has 1 aromatic carbocycles. The predicted molar refractivity (Wildman–Crippen MR) is 92.0 cm³/mol. The summed E-state index contributed by atoms with van der Waals surface area (Å²) in [5.41, 5.74) is 0.342. The van der Waals surface area contributed by atoms with E-state index in [1.165, 1.54) is 16.4 Å². The number of nitrogens with one attached hydrogen (secondary N) is 1. The molecule has 7 heteroatoms. The monoisotopic (exact) mass is 352 g/mol. The number of amides is 1. The lowest BCUT2D eigenvalue weighted by Crippen LogP contribution is -2.31. The van der Waals surface area contributed by atoms with Crippen LogP contribution in [0.2, 0.25) is 0 Å². The van der Waals surface area contributed by atoms with Crippen molar-refractivity contribution in [2.75, 3.05) is 13.1 Å². The first kappa shape index (κ1) is 17.7. The topological polar surface area (TPSA) is 66.5 Å². The Morgan fingerprint density at radius 1 is 1.17 bits per heavy atom. The van der Waals surface area contributed by atoms with Gasteiger partial charge in [-0.2, -0.15) is 4.31 Å². The third kappa shape index (κ3) is 4.19. The Bertz CT molecular complexity index is 751. The Morgan fingerprint density at radius 3 is 2.52 bits per heavy atom. The Labute approximate surface area is 141 Å². The maximum absolute atomic E-state index is 12.5. The highest BCUT2D eigenvalue weighted by Crippen LogP contribution is 2.17. The van der Waals surface area contributed by atoms with Gasteiger partial charge >= 0.3 is 0 Å². The molecule has 5 nitrogen and oxygen atoms in total. The quantitative estimate of drug-likeness (QED) is 0.833. The minimum atomic E-state index is -3.56. The van der Waals surface area contributed by atoms with E-state index in [2.05, 4.69) is 5.32 Å².